The fraction of sp³-hybridized carbons (Fsp3) is 0.571. The van der Waals surface area contributed by atoms with Crippen molar-refractivity contribution in [2.24, 2.45) is 0 Å². The summed E-state index contributed by atoms with van der Waals surface area (Å²) in [4.78, 5) is 40.5. The van der Waals surface area contributed by atoms with Crippen LogP contribution in [0.15, 0.2) is 18.2 Å². The summed E-state index contributed by atoms with van der Waals surface area (Å²) in [5.74, 6) is -0.789. The molecule has 4 heterocycles. The van der Waals surface area contributed by atoms with Crippen LogP contribution >= 0.6 is 0 Å². The fourth-order valence-electron chi connectivity index (χ4n) is 5.41. The van der Waals surface area contributed by atoms with Crippen LogP contribution in [-0.2, 0) is 22.7 Å². The van der Waals surface area contributed by atoms with E-state index in [9.17, 15) is 19.5 Å². The molecule has 2 bridgehead atoms. The summed E-state index contributed by atoms with van der Waals surface area (Å²) in [6.45, 7) is 2.25. The highest BCUT2D eigenvalue weighted by atomic mass is 16.3. The largest absolute Gasteiger partial charge is 0.395 e. The van der Waals surface area contributed by atoms with Crippen LogP contribution in [0.25, 0.3) is 0 Å². The first-order valence-corrected chi connectivity index (χ1v) is 10.4. The number of hydrogen-bond acceptors (Lipinski definition) is 6. The van der Waals surface area contributed by atoms with Crippen LogP contribution < -0.4 is 10.6 Å². The van der Waals surface area contributed by atoms with Gasteiger partial charge in [0.1, 0.15) is 6.04 Å². The highest BCUT2D eigenvalue weighted by molar-refractivity contribution is 6.05. The second-order valence-corrected chi connectivity index (χ2v) is 8.56. The monoisotopic (exact) mass is 398 g/mol. The molecule has 5 rings (SSSR count). The average molecular weight is 398 g/mol. The van der Waals surface area contributed by atoms with Crippen molar-refractivity contribution in [2.75, 3.05) is 13.2 Å². The molecule has 0 saturated carbocycles. The topological polar surface area (TPSA) is 102 Å². The predicted molar refractivity (Wildman–Crippen MR) is 104 cm³/mol. The van der Waals surface area contributed by atoms with E-state index in [2.05, 4.69) is 21.6 Å². The zero-order valence-electron chi connectivity index (χ0n) is 16.3. The molecule has 3 fully saturated rings. The minimum absolute atomic E-state index is 0.118. The SMILES string of the molecule is O=C1CCC(N2Cc3cc(CN4[C@H]5CC[C@@H]4[C@@H](CO)NC5)ccc3C2=O)C(=O)N1. The molecule has 0 aromatic heterocycles. The van der Waals surface area contributed by atoms with E-state index in [-0.39, 0.29) is 36.8 Å². The number of amides is 3. The summed E-state index contributed by atoms with van der Waals surface area (Å²) in [6.07, 6.45) is 2.88. The van der Waals surface area contributed by atoms with Crippen molar-refractivity contribution in [2.45, 2.75) is 62.9 Å². The lowest BCUT2D eigenvalue weighted by molar-refractivity contribution is -0.136. The Bertz CT molecular complexity index is 872. The number of hydrogen-bond donors (Lipinski definition) is 3. The summed E-state index contributed by atoms with van der Waals surface area (Å²) in [5, 5.41) is 15.4. The fourth-order valence-corrected chi connectivity index (χ4v) is 5.41. The van der Waals surface area contributed by atoms with E-state index in [0.29, 0.717) is 30.6 Å². The number of nitrogens with one attached hydrogen (secondary N) is 2. The lowest BCUT2D eigenvalue weighted by atomic mass is 10.0. The molecule has 4 aliphatic rings. The Morgan fingerprint density at radius 2 is 2.00 bits per heavy atom. The smallest absolute Gasteiger partial charge is 0.255 e. The number of rotatable bonds is 4. The average Bonchev–Trinajstić information content (AvgIpc) is 3.15. The summed E-state index contributed by atoms with van der Waals surface area (Å²) < 4.78 is 0. The molecule has 1 aromatic rings. The minimum atomic E-state index is -0.578. The van der Waals surface area contributed by atoms with E-state index in [1.54, 1.807) is 4.90 Å². The zero-order chi connectivity index (χ0) is 20.1. The summed E-state index contributed by atoms with van der Waals surface area (Å²) in [6, 6.07) is 6.31. The molecule has 3 saturated heterocycles. The molecule has 8 heteroatoms. The Hall–Kier alpha value is -2.29. The molecule has 4 aliphatic heterocycles. The molecule has 8 nitrogen and oxygen atoms in total. The molecule has 1 aromatic carbocycles. The van der Waals surface area contributed by atoms with Crippen LogP contribution in [0.1, 0.15) is 47.2 Å². The van der Waals surface area contributed by atoms with Crippen LogP contribution in [0.3, 0.4) is 0 Å². The summed E-state index contributed by atoms with van der Waals surface area (Å²) >= 11 is 0. The first kappa shape index (κ1) is 18.7. The number of nitrogens with zero attached hydrogens (tertiary/aromatic N) is 2. The van der Waals surface area contributed by atoms with Crippen molar-refractivity contribution in [1.82, 2.24) is 20.4 Å². The first-order valence-electron chi connectivity index (χ1n) is 10.4. The number of benzene rings is 1. The maximum atomic E-state index is 12.8. The van der Waals surface area contributed by atoms with Gasteiger partial charge in [0.25, 0.3) is 5.91 Å². The summed E-state index contributed by atoms with van der Waals surface area (Å²) in [5.41, 5.74) is 2.74. The maximum absolute atomic E-state index is 12.8. The van der Waals surface area contributed by atoms with E-state index in [0.717, 1.165) is 37.1 Å². The lowest BCUT2D eigenvalue weighted by Gasteiger charge is -2.40. The third-order valence-corrected chi connectivity index (χ3v) is 6.92. The van der Waals surface area contributed by atoms with Crippen molar-refractivity contribution >= 4 is 17.7 Å². The van der Waals surface area contributed by atoms with Crippen molar-refractivity contribution in [3.05, 3.63) is 34.9 Å². The van der Waals surface area contributed by atoms with Crippen LogP contribution in [0.5, 0.6) is 0 Å². The van der Waals surface area contributed by atoms with Gasteiger partial charge in [0.2, 0.25) is 11.8 Å². The quantitative estimate of drug-likeness (QED) is 0.605. The van der Waals surface area contributed by atoms with Gasteiger partial charge in [-0.25, -0.2) is 0 Å². The van der Waals surface area contributed by atoms with E-state index < -0.39 is 6.04 Å². The molecule has 154 valence electrons. The number of carbonyl (C=O) groups excluding carboxylic acids is 3. The molecule has 3 amide bonds. The van der Waals surface area contributed by atoms with Crippen molar-refractivity contribution < 1.29 is 19.5 Å². The Balaban J connectivity index is 1.33. The van der Waals surface area contributed by atoms with Gasteiger partial charge < -0.3 is 15.3 Å². The van der Waals surface area contributed by atoms with Crippen LogP contribution in [-0.4, -0.2) is 69.9 Å². The number of fused-ring (bicyclic) bond motifs is 3. The zero-order valence-corrected chi connectivity index (χ0v) is 16.3. The van der Waals surface area contributed by atoms with Gasteiger partial charge in [-0.15, -0.1) is 0 Å². The Labute approximate surface area is 169 Å². The van der Waals surface area contributed by atoms with Gasteiger partial charge in [-0.3, -0.25) is 24.6 Å². The van der Waals surface area contributed by atoms with Gasteiger partial charge in [0.05, 0.1) is 6.61 Å². The van der Waals surface area contributed by atoms with Crippen LogP contribution in [0.2, 0.25) is 0 Å². The van der Waals surface area contributed by atoms with E-state index in [1.165, 1.54) is 0 Å². The normalized spacial score (nSPS) is 31.9. The van der Waals surface area contributed by atoms with Gasteiger partial charge in [0.15, 0.2) is 0 Å². The first-order chi connectivity index (χ1) is 14.0. The number of imide groups is 1. The molecule has 0 spiro atoms. The second kappa shape index (κ2) is 7.19. The maximum Gasteiger partial charge on any atom is 0.255 e. The number of piperazine rings is 1. The summed E-state index contributed by atoms with van der Waals surface area (Å²) in [7, 11) is 0. The second-order valence-electron chi connectivity index (χ2n) is 8.56. The number of carbonyl (C=O) groups is 3. The molecule has 0 aliphatic carbocycles. The van der Waals surface area contributed by atoms with Crippen molar-refractivity contribution in [1.29, 1.82) is 0 Å². The van der Waals surface area contributed by atoms with Gasteiger partial charge in [-0.1, -0.05) is 12.1 Å². The Morgan fingerprint density at radius 1 is 1.14 bits per heavy atom. The Morgan fingerprint density at radius 3 is 2.79 bits per heavy atom. The number of aliphatic hydroxyl groups is 1. The van der Waals surface area contributed by atoms with Crippen LogP contribution in [0.4, 0.5) is 0 Å². The minimum Gasteiger partial charge on any atom is -0.395 e. The van der Waals surface area contributed by atoms with E-state index in [4.69, 9.17) is 0 Å². The molecular formula is C21H26N4O4. The Kier molecular flexibility index (Phi) is 4.64. The highest BCUT2D eigenvalue weighted by Crippen LogP contribution is 2.33. The van der Waals surface area contributed by atoms with Gasteiger partial charge in [-0.05, 0) is 36.5 Å². The van der Waals surface area contributed by atoms with Gasteiger partial charge in [0, 0.05) is 49.7 Å². The molecule has 29 heavy (non-hydrogen) atoms. The molecule has 4 atom stereocenters. The van der Waals surface area contributed by atoms with Gasteiger partial charge in [-0.2, -0.15) is 0 Å². The van der Waals surface area contributed by atoms with Gasteiger partial charge >= 0.3 is 0 Å². The van der Waals surface area contributed by atoms with Crippen molar-refractivity contribution in [3.8, 4) is 0 Å². The van der Waals surface area contributed by atoms with Crippen molar-refractivity contribution in [3.63, 3.8) is 0 Å². The van der Waals surface area contributed by atoms with E-state index >= 15 is 0 Å². The third-order valence-electron chi connectivity index (χ3n) is 6.92. The molecule has 0 radical (unpaired) electrons. The predicted octanol–water partition coefficient (Wildman–Crippen LogP) is -0.255. The molecule has 3 N–H and O–H groups in total. The van der Waals surface area contributed by atoms with E-state index in [1.807, 2.05) is 12.1 Å². The standard InChI is InChI=1S/C21H26N4O4/c26-11-16-17-4-2-14(8-22-16)24(17)9-12-1-3-15-13(7-12)10-25(21(15)29)18-5-6-19(27)23-20(18)28/h1,3,7,14,16-18,22,26H,2,4-6,8-11H2,(H,23,27,28)/t14-,16+,17+,18?/m0/s1. The molecular weight excluding hydrogens is 372 g/mol. The number of piperidine rings is 1. The molecule has 1 unspecified atom stereocenters. The van der Waals surface area contributed by atoms with Crippen LogP contribution in [0, 0.1) is 0 Å². The third kappa shape index (κ3) is 3.15. The number of aliphatic hydroxyl groups excluding tert-OH is 1. The lowest BCUT2D eigenvalue weighted by Crippen LogP contribution is -2.58. The highest BCUT2D eigenvalue weighted by Gasteiger charge is 2.42.